The van der Waals surface area contributed by atoms with Gasteiger partial charge >= 0.3 is 5.88 Å². The molecule has 1 rings (SSSR count). The summed E-state index contributed by atoms with van der Waals surface area (Å²) in [7, 11) is 0. The molecule has 2 atom stereocenters. The molecule has 0 aliphatic rings. The highest BCUT2D eigenvalue weighted by Crippen LogP contribution is 2.18. The Balaban J connectivity index is 2.39. The van der Waals surface area contributed by atoms with Crippen LogP contribution in [0.2, 0.25) is 0 Å². The summed E-state index contributed by atoms with van der Waals surface area (Å²) in [6, 6.07) is 1.55. The van der Waals surface area contributed by atoms with Crippen molar-refractivity contribution in [1.29, 1.82) is 0 Å². The summed E-state index contributed by atoms with van der Waals surface area (Å²) in [5, 5.41) is 20.0. The van der Waals surface area contributed by atoms with Crippen LogP contribution in [0.25, 0.3) is 0 Å². The molecule has 0 amide bonds. The van der Waals surface area contributed by atoms with E-state index in [1.165, 1.54) is 12.1 Å². The summed E-state index contributed by atoms with van der Waals surface area (Å²) in [5.41, 5.74) is 1.56. The predicted octanol–water partition coefficient (Wildman–Crippen LogP) is 3.05. The van der Waals surface area contributed by atoms with Crippen LogP contribution in [-0.2, 0) is 16.2 Å². The maximum absolute atomic E-state index is 11.3. The van der Waals surface area contributed by atoms with Gasteiger partial charge in [-0.15, -0.1) is 0 Å². The molecule has 0 aliphatic carbocycles. The van der Waals surface area contributed by atoms with Crippen LogP contribution in [0.4, 0.5) is 5.88 Å². The molecular weight excluding hydrogens is 398 g/mol. The molecule has 0 saturated carbocycles. The molecule has 0 bridgehead atoms. The standard InChI is InChI=1S/C18H31N5O7/c1-6-14(20-24)18(4,5)22-29-10-9-19-17(2,3)15(21-25)12-28-11-13-7-8-16(30-13)23(26)27/h7-8,14-15,19,22H,6,9-12H2,1-5H3. The maximum atomic E-state index is 11.3. The number of nitrogens with one attached hydrogen (secondary N) is 2. The maximum Gasteiger partial charge on any atom is 0.433 e. The summed E-state index contributed by atoms with van der Waals surface area (Å²) in [6.07, 6.45) is 0.593. The van der Waals surface area contributed by atoms with Gasteiger partial charge in [-0.2, -0.15) is 15.3 Å². The SMILES string of the molecule is CCC(N=O)C(C)(C)NOCCNC(C)(C)C(COCc1ccc([N+](=O)[O-])o1)N=O. The monoisotopic (exact) mass is 429 g/mol. The van der Waals surface area contributed by atoms with Gasteiger partial charge in [-0.3, -0.25) is 15.0 Å². The van der Waals surface area contributed by atoms with E-state index < -0.39 is 28.1 Å². The van der Waals surface area contributed by atoms with E-state index >= 15 is 0 Å². The van der Waals surface area contributed by atoms with Crippen LogP contribution in [0, 0.1) is 19.9 Å². The number of hydroxylamine groups is 1. The molecule has 0 fully saturated rings. The Morgan fingerprint density at radius 1 is 1.17 bits per heavy atom. The van der Waals surface area contributed by atoms with Crippen LogP contribution >= 0.6 is 0 Å². The van der Waals surface area contributed by atoms with Gasteiger partial charge in [0, 0.05) is 12.1 Å². The van der Waals surface area contributed by atoms with E-state index in [2.05, 4.69) is 21.2 Å². The zero-order valence-corrected chi connectivity index (χ0v) is 18.0. The lowest BCUT2D eigenvalue weighted by molar-refractivity contribution is -0.402. The van der Waals surface area contributed by atoms with Gasteiger partial charge in [-0.1, -0.05) is 17.3 Å². The normalized spacial score (nSPS) is 14.3. The lowest BCUT2D eigenvalue weighted by atomic mass is 9.94. The van der Waals surface area contributed by atoms with E-state index in [-0.39, 0.29) is 31.5 Å². The largest absolute Gasteiger partial charge is 0.433 e. The van der Waals surface area contributed by atoms with E-state index in [1.807, 2.05) is 20.8 Å². The number of hydrogen-bond acceptors (Lipinski definition) is 11. The molecule has 170 valence electrons. The van der Waals surface area contributed by atoms with Crippen LogP contribution in [0.5, 0.6) is 0 Å². The molecule has 2 unspecified atom stereocenters. The Morgan fingerprint density at radius 2 is 1.83 bits per heavy atom. The van der Waals surface area contributed by atoms with Crippen LogP contribution in [0.1, 0.15) is 46.8 Å². The summed E-state index contributed by atoms with van der Waals surface area (Å²) in [5.74, 6) is -0.0824. The Hall–Kier alpha value is -2.28. The summed E-state index contributed by atoms with van der Waals surface area (Å²) in [6.45, 7) is 9.84. The third-order valence-corrected chi connectivity index (χ3v) is 4.77. The zero-order chi connectivity index (χ0) is 22.8. The molecule has 12 heteroatoms. The van der Waals surface area contributed by atoms with E-state index in [4.69, 9.17) is 14.0 Å². The molecule has 0 aromatic carbocycles. The average molecular weight is 429 g/mol. The second-order valence-electron chi connectivity index (χ2n) is 7.98. The summed E-state index contributed by atoms with van der Waals surface area (Å²) in [4.78, 5) is 37.6. The Morgan fingerprint density at radius 3 is 2.37 bits per heavy atom. The lowest BCUT2D eigenvalue weighted by Crippen LogP contribution is -2.52. The molecule has 12 nitrogen and oxygen atoms in total. The van der Waals surface area contributed by atoms with E-state index in [9.17, 15) is 19.9 Å². The second-order valence-corrected chi connectivity index (χ2v) is 7.98. The molecule has 0 radical (unpaired) electrons. The Bertz CT molecular complexity index is 692. The minimum atomic E-state index is -0.712. The fourth-order valence-electron chi connectivity index (χ4n) is 2.75. The van der Waals surface area contributed by atoms with Crippen molar-refractivity contribution >= 4 is 5.88 Å². The molecule has 1 heterocycles. The number of ether oxygens (including phenoxy) is 1. The molecule has 1 aromatic heterocycles. The van der Waals surface area contributed by atoms with Crippen LogP contribution in [-0.4, -0.2) is 47.8 Å². The van der Waals surface area contributed by atoms with Gasteiger partial charge in [0.2, 0.25) is 0 Å². The van der Waals surface area contributed by atoms with E-state index in [1.54, 1.807) is 13.8 Å². The molecule has 0 spiro atoms. The van der Waals surface area contributed by atoms with Crippen molar-refractivity contribution in [2.24, 2.45) is 10.4 Å². The minimum absolute atomic E-state index is 0.00726. The molecule has 1 aromatic rings. The van der Waals surface area contributed by atoms with Crippen molar-refractivity contribution in [3.8, 4) is 0 Å². The first kappa shape index (κ1) is 25.8. The Labute approximate surface area is 175 Å². The zero-order valence-electron chi connectivity index (χ0n) is 18.0. The predicted molar refractivity (Wildman–Crippen MR) is 110 cm³/mol. The van der Waals surface area contributed by atoms with Crippen molar-refractivity contribution in [1.82, 2.24) is 10.8 Å². The van der Waals surface area contributed by atoms with Gasteiger partial charge in [-0.25, -0.2) is 0 Å². The van der Waals surface area contributed by atoms with Gasteiger partial charge in [0.25, 0.3) is 0 Å². The van der Waals surface area contributed by atoms with Gasteiger partial charge in [-0.05, 0) is 40.2 Å². The summed E-state index contributed by atoms with van der Waals surface area (Å²) < 4.78 is 10.4. The molecule has 2 N–H and O–H groups in total. The van der Waals surface area contributed by atoms with Gasteiger partial charge < -0.3 is 14.5 Å². The Kier molecular flexibility index (Phi) is 10.1. The summed E-state index contributed by atoms with van der Waals surface area (Å²) >= 11 is 0. The number of rotatable bonds is 16. The fourth-order valence-corrected chi connectivity index (χ4v) is 2.75. The molecule has 0 saturated heterocycles. The number of hydrogen-bond donors (Lipinski definition) is 2. The van der Waals surface area contributed by atoms with Crippen molar-refractivity contribution in [2.45, 2.75) is 70.8 Å². The average Bonchev–Trinajstić information content (AvgIpc) is 3.14. The van der Waals surface area contributed by atoms with Crippen molar-refractivity contribution in [3.05, 3.63) is 37.8 Å². The minimum Gasteiger partial charge on any atom is -0.403 e. The quantitative estimate of drug-likeness (QED) is 0.174. The highest BCUT2D eigenvalue weighted by atomic mass is 16.7. The van der Waals surface area contributed by atoms with E-state index in [0.29, 0.717) is 13.0 Å². The first-order chi connectivity index (χ1) is 14.1. The molecule has 0 aliphatic heterocycles. The number of furan rings is 1. The van der Waals surface area contributed by atoms with Crippen LogP contribution < -0.4 is 10.8 Å². The highest BCUT2D eigenvalue weighted by molar-refractivity contribution is 5.17. The first-order valence-corrected chi connectivity index (χ1v) is 9.67. The van der Waals surface area contributed by atoms with Crippen molar-refractivity contribution in [2.75, 3.05) is 19.8 Å². The number of nitro groups is 1. The third-order valence-electron chi connectivity index (χ3n) is 4.77. The van der Waals surface area contributed by atoms with Crippen LogP contribution in [0.15, 0.2) is 26.9 Å². The van der Waals surface area contributed by atoms with E-state index in [0.717, 1.165) is 0 Å². The smallest absolute Gasteiger partial charge is 0.403 e. The second kappa shape index (κ2) is 11.8. The van der Waals surface area contributed by atoms with Crippen molar-refractivity contribution in [3.63, 3.8) is 0 Å². The molecule has 30 heavy (non-hydrogen) atoms. The number of nitrogens with zero attached hydrogens (tertiary/aromatic N) is 3. The highest BCUT2D eigenvalue weighted by Gasteiger charge is 2.31. The van der Waals surface area contributed by atoms with Gasteiger partial charge in [0.15, 0.2) is 0 Å². The topological polar surface area (TPSA) is 158 Å². The van der Waals surface area contributed by atoms with Gasteiger partial charge in [0.1, 0.15) is 29.4 Å². The fraction of sp³-hybridized carbons (Fsp3) is 0.778. The third kappa shape index (κ3) is 7.86. The van der Waals surface area contributed by atoms with Crippen molar-refractivity contribution < 1.29 is 18.9 Å². The van der Waals surface area contributed by atoms with Gasteiger partial charge in [0.05, 0.1) is 24.8 Å². The molecular formula is C18H31N5O7. The lowest BCUT2D eigenvalue weighted by Gasteiger charge is -2.32. The number of nitroso groups, excluding NO2 is 2. The van der Waals surface area contributed by atoms with Crippen LogP contribution in [0.3, 0.4) is 0 Å². The first-order valence-electron chi connectivity index (χ1n) is 9.67.